The molecule has 3 nitrogen and oxygen atoms in total. The maximum absolute atomic E-state index is 11.6. The Morgan fingerprint density at radius 2 is 1.70 bits per heavy atom. The zero-order valence-electron chi connectivity index (χ0n) is 12.9. The Labute approximate surface area is 121 Å². The maximum Gasteiger partial charge on any atom is 0.136 e. The van der Waals surface area contributed by atoms with E-state index in [-0.39, 0.29) is 11.7 Å². The van der Waals surface area contributed by atoms with E-state index < -0.39 is 0 Å². The largest absolute Gasteiger partial charge is 0.308 e. The molecule has 1 unspecified atom stereocenters. The molecule has 20 heavy (non-hydrogen) atoms. The van der Waals surface area contributed by atoms with Gasteiger partial charge in [-0.3, -0.25) is 4.79 Å². The van der Waals surface area contributed by atoms with Crippen LogP contribution in [0.1, 0.15) is 51.7 Å². The van der Waals surface area contributed by atoms with Crippen LogP contribution in [0.15, 0.2) is 24.3 Å². The number of hydrogen-bond donors (Lipinski definition) is 1. The monoisotopic (exact) mass is 275 g/mol. The van der Waals surface area contributed by atoms with Crippen molar-refractivity contribution in [1.82, 2.24) is 0 Å². The van der Waals surface area contributed by atoms with E-state index in [4.69, 9.17) is 5.41 Å². The van der Waals surface area contributed by atoms with Crippen LogP contribution in [0.25, 0.3) is 0 Å². The average molecular weight is 275 g/mol. The fourth-order valence-corrected chi connectivity index (χ4v) is 1.71. The molecular weight excluding hydrogens is 250 g/mol. The first-order valence-corrected chi connectivity index (χ1v) is 7.00. The smallest absolute Gasteiger partial charge is 0.136 e. The lowest BCUT2D eigenvalue weighted by molar-refractivity contribution is -0.122. The minimum Gasteiger partial charge on any atom is -0.308 e. The molecule has 110 valence electrons. The minimum absolute atomic E-state index is 0.103. The topological polar surface area (TPSA) is 58.0 Å². The van der Waals surface area contributed by atoms with E-state index in [0.29, 0.717) is 12.2 Å². The third-order valence-electron chi connectivity index (χ3n) is 2.73. The first-order chi connectivity index (χ1) is 9.40. The number of nitrogens with one attached hydrogen (secondary N) is 1. The lowest BCUT2D eigenvalue weighted by atomic mass is 9.94. The molecule has 0 amide bonds. The van der Waals surface area contributed by atoms with Gasteiger partial charge in [-0.2, -0.15) is 0 Å². The predicted molar refractivity (Wildman–Crippen MR) is 83.5 cm³/mol. The number of benzene rings is 1. The zero-order valence-corrected chi connectivity index (χ0v) is 12.9. The Balaban J connectivity index is 0.000000796. The third kappa shape index (κ3) is 8.35. The first kappa shape index (κ1) is 18.2. The normalized spacial score (nSPS) is 11.0. The summed E-state index contributed by atoms with van der Waals surface area (Å²) in [5, 5.41) is 7.10. The van der Waals surface area contributed by atoms with Crippen molar-refractivity contribution < 1.29 is 9.59 Å². The highest BCUT2D eigenvalue weighted by atomic mass is 16.1. The van der Waals surface area contributed by atoms with Gasteiger partial charge in [-0.25, -0.2) is 0 Å². The molecule has 0 heterocycles. The van der Waals surface area contributed by atoms with Crippen LogP contribution in [0.3, 0.4) is 0 Å². The Hall–Kier alpha value is -1.77. The average Bonchev–Trinajstić information content (AvgIpc) is 2.39. The summed E-state index contributed by atoms with van der Waals surface area (Å²) in [7, 11) is 0. The van der Waals surface area contributed by atoms with Crippen LogP contribution in [0.5, 0.6) is 0 Å². The Bertz CT molecular complexity index is 431. The number of carbonyl (C=O) groups is 2. The number of carbonyl (C=O) groups excluding carboxylic acids is 2. The molecular formula is C17H25NO2. The quantitative estimate of drug-likeness (QED) is 0.802. The zero-order chi connectivity index (χ0) is 15.5. The van der Waals surface area contributed by atoms with Crippen molar-refractivity contribution in [3.63, 3.8) is 0 Å². The fourth-order valence-electron chi connectivity index (χ4n) is 1.71. The van der Waals surface area contributed by atoms with Crippen LogP contribution in [0, 0.1) is 11.3 Å². The van der Waals surface area contributed by atoms with Crippen molar-refractivity contribution in [1.29, 1.82) is 5.41 Å². The van der Waals surface area contributed by atoms with E-state index in [9.17, 15) is 9.59 Å². The summed E-state index contributed by atoms with van der Waals surface area (Å²) < 4.78 is 0. The van der Waals surface area contributed by atoms with Crippen LogP contribution in [0.2, 0.25) is 0 Å². The van der Waals surface area contributed by atoms with E-state index in [1.165, 1.54) is 25.6 Å². The highest BCUT2D eigenvalue weighted by molar-refractivity contribution is 5.81. The molecule has 0 spiro atoms. The van der Waals surface area contributed by atoms with Gasteiger partial charge >= 0.3 is 0 Å². The summed E-state index contributed by atoms with van der Waals surface area (Å²) in [6.45, 7) is 7.08. The summed E-state index contributed by atoms with van der Waals surface area (Å²) in [5.41, 5.74) is 2.07. The van der Waals surface area contributed by atoms with Crippen LogP contribution in [-0.4, -0.2) is 17.8 Å². The Morgan fingerprint density at radius 1 is 1.20 bits per heavy atom. The molecule has 0 radical (unpaired) electrons. The summed E-state index contributed by atoms with van der Waals surface area (Å²) in [4.78, 5) is 21.1. The van der Waals surface area contributed by atoms with Gasteiger partial charge in [0.25, 0.3) is 0 Å². The fraction of sp³-hybridized carbons (Fsp3) is 0.471. The molecule has 3 heteroatoms. The van der Waals surface area contributed by atoms with Crippen LogP contribution in [-0.2, 0) is 16.0 Å². The molecule has 0 fully saturated rings. The second-order valence-electron chi connectivity index (χ2n) is 5.12. The summed E-state index contributed by atoms with van der Waals surface area (Å²) >= 11 is 0. The molecule has 1 aromatic rings. The second kappa shape index (κ2) is 10.1. The van der Waals surface area contributed by atoms with Gasteiger partial charge in [0.1, 0.15) is 11.6 Å². The first-order valence-electron chi connectivity index (χ1n) is 7.00. The molecule has 0 aliphatic heterocycles. The third-order valence-corrected chi connectivity index (χ3v) is 2.73. The van der Waals surface area contributed by atoms with Gasteiger partial charge in [-0.15, -0.1) is 0 Å². The lowest BCUT2D eigenvalue weighted by Crippen LogP contribution is -2.13. The van der Waals surface area contributed by atoms with Gasteiger partial charge < -0.3 is 10.2 Å². The van der Waals surface area contributed by atoms with Crippen molar-refractivity contribution in [2.75, 3.05) is 0 Å². The molecule has 0 bridgehead atoms. The molecule has 1 N–H and O–H groups in total. The van der Waals surface area contributed by atoms with E-state index in [0.717, 1.165) is 18.4 Å². The second-order valence-corrected chi connectivity index (χ2v) is 5.12. The maximum atomic E-state index is 11.6. The molecule has 0 saturated heterocycles. The lowest BCUT2D eigenvalue weighted by Gasteiger charge is -2.09. The molecule has 0 aliphatic carbocycles. The van der Waals surface area contributed by atoms with Crippen molar-refractivity contribution >= 4 is 17.8 Å². The Morgan fingerprint density at radius 3 is 2.10 bits per heavy atom. The number of ketones is 2. The van der Waals surface area contributed by atoms with Gasteiger partial charge in [-0.05, 0) is 37.8 Å². The standard InChI is InChI=1S/C14H19NO.C3H6O/c1-3-4-14(16)11(2)9-12-5-7-13(10-15)8-6-12;1-3(2)4/h5-8,10-11,15H,3-4,9H2,1-2H3;1-2H3. The molecule has 0 saturated carbocycles. The van der Waals surface area contributed by atoms with Crippen molar-refractivity contribution in [2.24, 2.45) is 5.92 Å². The number of rotatable bonds is 6. The van der Waals surface area contributed by atoms with Gasteiger partial charge in [0, 0.05) is 18.6 Å². The van der Waals surface area contributed by atoms with Gasteiger partial charge in [-0.1, -0.05) is 38.1 Å². The van der Waals surface area contributed by atoms with Crippen molar-refractivity contribution in [3.05, 3.63) is 35.4 Å². The number of hydrogen-bond acceptors (Lipinski definition) is 3. The molecule has 0 aliphatic rings. The summed E-state index contributed by atoms with van der Waals surface area (Å²) in [6, 6.07) is 7.82. The van der Waals surface area contributed by atoms with Gasteiger partial charge in [0.05, 0.1) is 0 Å². The van der Waals surface area contributed by atoms with Gasteiger partial charge in [0.15, 0.2) is 0 Å². The number of Topliss-reactive ketones (excluding diaryl/α,β-unsaturated/α-hetero) is 2. The van der Waals surface area contributed by atoms with E-state index in [1.807, 2.05) is 38.1 Å². The van der Waals surface area contributed by atoms with E-state index in [2.05, 4.69) is 0 Å². The van der Waals surface area contributed by atoms with Crippen LogP contribution in [0.4, 0.5) is 0 Å². The van der Waals surface area contributed by atoms with Crippen molar-refractivity contribution in [3.8, 4) is 0 Å². The van der Waals surface area contributed by atoms with Crippen molar-refractivity contribution in [2.45, 2.75) is 47.0 Å². The summed E-state index contributed by atoms with van der Waals surface area (Å²) in [6.07, 6.45) is 3.74. The van der Waals surface area contributed by atoms with E-state index >= 15 is 0 Å². The van der Waals surface area contributed by atoms with E-state index in [1.54, 1.807) is 0 Å². The van der Waals surface area contributed by atoms with Crippen LogP contribution < -0.4 is 0 Å². The minimum atomic E-state index is 0.103. The summed E-state index contributed by atoms with van der Waals surface area (Å²) in [5.74, 6) is 0.615. The predicted octanol–water partition coefficient (Wildman–Crippen LogP) is 3.83. The molecule has 1 aromatic carbocycles. The SMILES string of the molecule is CC(C)=O.CCCC(=O)C(C)Cc1ccc(C=N)cc1. The molecule has 1 atom stereocenters. The van der Waals surface area contributed by atoms with Gasteiger partial charge in [0.2, 0.25) is 0 Å². The Kier molecular flexibility index (Phi) is 9.18. The molecule has 0 aromatic heterocycles. The highest BCUT2D eigenvalue weighted by Gasteiger charge is 2.12. The van der Waals surface area contributed by atoms with Crippen LogP contribution >= 0.6 is 0 Å². The molecule has 1 rings (SSSR count). The highest BCUT2D eigenvalue weighted by Crippen LogP contribution is 2.12.